The fourth-order valence-corrected chi connectivity index (χ4v) is 6.59. The molecule has 0 bridgehead atoms. The Kier molecular flexibility index (Phi) is 6.77. The Balaban J connectivity index is 1.43. The van der Waals surface area contributed by atoms with Gasteiger partial charge >= 0.3 is 12.1 Å². The first-order chi connectivity index (χ1) is 19.8. The van der Waals surface area contributed by atoms with Crippen molar-refractivity contribution in [1.82, 2.24) is 9.88 Å². The summed E-state index contributed by atoms with van der Waals surface area (Å²) in [7, 11) is 1.41. The zero-order chi connectivity index (χ0) is 28.7. The van der Waals surface area contributed by atoms with E-state index >= 15 is 0 Å². The van der Waals surface area contributed by atoms with E-state index in [2.05, 4.69) is 29.2 Å². The molecule has 210 valence electrons. The molecule has 3 aromatic carbocycles. The van der Waals surface area contributed by atoms with Crippen molar-refractivity contribution < 1.29 is 24.2 Å². The lowest BCUT2D eigenvalue weighted by atomic mass is 9.73. The molecule has 1 atom stereocenters. The van der Waals surface area contributed by atoms with Crippen molar-refractivity contribution in [3.05, 3.63) is 89.1 Å². The molecule has 1 aliphatic carbocycles. The number of hydrogen-bond acceptors (Lipinski definition) is 6. The summed E-state index contributed by atoms with van der Waals surface area (Å²) in [6, 6.07) is 20.3. The van der Waals surface area contributed by atoms with Gasteiger partial charge in [0, 0.05) is 35.7 Å². The average molecular weight is 552 g/mol. The molecular weight excluding hydrogens is 518 g/mol. The lowest BCUT2D eigenvalue weighted by Crippen LogP contribution is -2.44. The van der Waals surface area contributed by atoms with E-state index in [4.69, 9.17) is 15.2 Å². The van der Waals surface area contributed by atoms with E-state index in [1.165, 1.54) is 12.7 Å². The second-order valence-electron chi connectivity index (χ2n) is 11.1. The second-order valence-corrected chi connectivity index (χ2v) is 11.1. The smallest absolute Gasteiger partial charge is 0.409 e. The predicted octanol–water partition coefficient (Wildman–Crippen LogP) is 6.04. The molecule has 1 saturated heterocycles. The van der Waals surface area contributed by atoms with Crippen molar-refractivity contribution in [3.8, 4) is 16.9 Å². The highest BCUT2D eigenvalue weighted by Gasteiger charge is 2.47. The Morgan fingerprint density at radius 1 is 1.07 bits per heavy atom. The number of nitrogen functional groups attached to an aromatic ring is 1. The Morgan fingerprint density at radius 3 is 2.63 bits per heavy atom. The molecule has 1 aromatic heterocycles. The van der Waals surface area contributed by atoms with E-state index < -0.39 is 5.97 Å². The summed E-state index contributed by atoms with van der Waals surface area (Å²) in [6.45, 7) is 3.18. The van der Waals surface area contributed by atoms with E-state index in [1.807, 2.05) is 43.3 Å². The van der Waals surface area contributed by atoms with E-state index in [0.717, 1.165) is 52.3 Å². The number of aromatic nitrogens is 1. The summed E-state index contributed by atoms with van der Waals surface area (Å²) < 4.78 is 11.7. The average Bonchev–Trinajstić information content (AvgIpc) is 3.26. The van der Waals surface area contributed by atoms with Crippen molar-refractivity contribution in [2.24, 2.45) is 0 Å². The van der Waals surface area contributed by atoms with Crippen LogP contribution in [-0.2, 0) is 21.4 Å². The molecular formula is C33H33N3O5. The molecule has 0 saturated carbocycles. The molecule has 8 nitrogen and oxygen atoms in total. The maximum absolute atomic E-state index is 12.2. The largest absolute Gasteiger partial charge is 0.485 e. The van der Waals surface area contributed by atoms with Gasteiger partial charge in [-0.05, 0) is 77.6 Å². The SMILES string of the molecule is COC(=O)N1CCC2(CC1)CC(Oc1cc(C)ccc1CC(=O)O)c1cc(-c3cccc4c(N)nccc34)ccc12. The number of benzene rings is 3. The van der Waals surface area contributed by atoms with Crippen molar-refractivity contribution >= 4 is 28.7 Å². The Labute approximate surface area is 238 Å². The monoisotopic (exact) mass is 551 g/mol. The zero-order valence-corrected chi connectivity index (χ0v) is 23.2. The van der Waals surface area contributed by atoms with E-state index in [9.17, 15) is 14.7 Å². The van der Waals surface area contributed by atoms with E-state index in [1.54, 1.807) is 11.1 Å². The first kappa shape index (κ1) is 26.6. The summed E-state index contributed by atoms with van der Waals surface area (Å²) in [5.41, 5.74) is 12.1. The van der Waals surface area contributed by atoms with Gasteiger partial charge in [-0.25, -0.2) is 9.78 Å². The number of pyridine rings is 1. The Morgan fingerprint density at radius 2 is 1.88 bits per heavy atom. The Hall–Kier alpha value is -4.59. The van der Waals surface area contributed by atoms with Crippen LogP contribution in [0.5, 0.6) is 5.75 Å². The van der Waals surface area contributed by atoms with Crippen molar-refractivity contribution in [3.63, 3.8) is 0 Å². The number of fused-ring (bicyclic) bond motifs is 3. The number of likely N-dealkylation sites (tertiary alicyclic amines) is 1. The number of aliphatic carboxylic acids is 1. The fraction of sp³-hybridized carbons (Fsp3) is 0.303. The molecule has 2 aliphatic rings. The van der Waals surface area contributed by atoms with Crippen LogP contribution in [0, 0.1) is 6.92 Å². The summed E-state index contributed by atoms with van der Waals surface area (Å²) in [5, 5.41) is 11.5. The molecule has 6 rings (SSSR count). The van der Waals surface area contributed by atoms with Gasteiger partial charge in [-0.15, -0.1) is 0 Å². The minimum Gasteiger partial charge on any atom is -0.485 e. The van der Waals surface area contributed by atoms with E-state index in [-0.39, 0.29) is 24.0 Å². The molecule has 1 aliphatic heterocycles. The summed E-state index contributed by atoms with van der Waals surface area (Å²) in [5.74, 6) is 0.194. The third kappa shape index (κ3) is 4.84. The molecule has 1 fully saturated rings. The summed E-state index contributed by atoms with van der Waals surface area (Å²) in [6.07, 6.45) is 3.37. The first-order valence-corrected chi connectivity index (χ1v) is 13.9. The number of amides is 1. The number of hydrogen-bond donors (Lipinski definition) is 2. The number of carboxylic acids is 1. The molecule has 8 heteroatoms. The maximum Gasteiger partial charge on any atom is 0.409 e. The van der Waals surface area contributed by atoms with Gasteiger partial charge in [-0.2, -0.15) is 0 Å². The summed E-state index contributed by atoms with van der Waals surface area (Å²) >= 11 is 0. The van der Waals surface area contributed by atoms with E-state index in [0.29, 0.717) is 30.2 Å². The third-order valence-electron chi connectivity index (χ3n) is 8.68. The standard InChI is InChI=1S/C33H33N3O5/c1-20-6-7-22(18-30(37)38)28(16-20)41-29-19-33(11-14-36(15-12-33)32(39)40-2)27-9-8-21(17-26(27)29)23-4-3-5-25-24(23)10-13-35-31(25)34/h3-10,13,16-17,29H,11-12,14-15,18-19H2,1-2H3,(H2,34,35)(H,37,38). The number of nitrogens with two attached hydrogens (primary N) is 1. The van der Waals surface area contributed by atoms with Crippen molar-refractivity contribution in [2.75, 3.05) is 25.9 Å². The number of aryl methyl sites for hydroxylation is 1. The van der Waals surface area contributed by atoms with Gasteiger partial charge in [-0.1, -0.05) is 42.5 Å². The van der Waals surface area contributed by atoms with Crippen LogP contribution in [0.4, 0.5) is 10.6 Å². The highest BCUT2D eigenvalue weighted by molar-refractivity contribution is 6.01. The predicted molar refractivity (Wildman–Crippen MR) is 157 cm³/mol. The normalized spacial score (nSPS) is 17.4. The van der Waals surface area contributed by atoms with Gasteiger partial charge in [0.2, 0.25) is 0 Å². The first-order valence-electron chi connectivity index (χ1n) is 13.9. The molecule has 0 radical (unpaired) electrons. The molecule has 4 aromatic rings. The number of carboxylic acid groups (broad SMARTS) is 1. The minimum absolute atomic E-state index is 0.111. The van der Waals surface area contributed by atoms with Crippen LogP contribution in [0.15, 0.2) is 66.9 Å². The minimum atomic E-state index is -0.899. The number of carbonyl (C=O) groups excluding carboxylic acids is 1. The zero-order valence-electron chi connectivity index (χ0n) is 23.2. The van der Waals surface area contributed by atoms with Gasteiger partial charge in [0.15, 0.2) is 0 Å². The van der Waals surface area contributed by atoms with Crippen LogP contribution in [0.25, 0.3) is 21.9 Å². The van der Waals surface area contributed by atoms with Gasteiger partial charge in [0.05, 0.1) is 13.5 Å². The molecule has 1 amide bonds. The van der Waals surface area contributed by atoms with Crippen LogP contribution >= 0.6 is 0 Å². The molecule has 1 spiro atoms. The Bertz CT molecular complexity index is 1660. The van der Waals surface area contributed by atoms with Crippen LogP contribution in [-0.4, -0.2) is 47.3 Å². The number of anilines is 1. The topological polar surface area (TPSA) is 115 Å². The maximum atomic E-state index is 12.2. The fourth-order valence-electron chi connectivity index (χ4n) is 6.59. The molecule has 1 unspecified atom stereocenters. The second kappa shape index (κ2) is 10.4. The number of carbonyl (C=O) groups is 2. The van der Waals surface area contributed by atoms with Crippen LogP contribution < -0.4 is 10.5 Å². The van der Waals surface area contributed by atoms with Gasteiger partial charge in [0.1, 0.15) is 17.7 Å². The number of ether oxygens (including phenoxy) is 2. The quantitative estimate of drug-likeness (QED) is 0.311. The van der Waals surface area contributed by atoms with Crippen molar-refractivity contribution in [2.45, 2.75) is 44.1 Å². The highest BCUT2D eigenvalue weighted by atomic mass is 16.5. The number of piperidine rings is 1. The molecule has 41 heavy (non-hydrogen) atoms. The van der Waals surface area contributed by atoms with Gasteiger partial charge in [-0.3, -0.25) is 4.79 Å². The lowest BCUT2D eigenvalue weighted by molar-refractivity contribution is -0.136. The van der Waals surface area contributed by atoms with Crippen molar-refractivity contribution in [1.29, 1.82) is 0 Å². The van der Waals surface area contributed by atoms with Gasteiger partial charge in [0.25, 0.3) is 0 Å². The lowest BCUT2D eigenvalue weighted by Gasteiger charge is -2.39. The number of methoxy groups -OCH3 is 1. The van der Waals surface area contributed by atoms with Crippen LogP contribution in [0.3, 0.4) is 0 Å². The molecule has 2 heterocycles. The van der Waals surface area contributed by atoms with Gasteiger partial charge < -0.3 is 25.2 Å². The molecule has 3 N–H and O–H groups in total. The van der Waals surface area contributed by atoms with Crippen LogP contribution in [0.2, 0.25) is 0 Å². The highest BCUT2D eigenvalue weighted by Crippen LogP contribution is 2.53. The number of nitrogens with zero attached hydrogens (tertiary/aromatic N) is 2. The van der Waals surface area contributed by atoms with Crippen LogP contribution in [0.1, 0.15) is 47.6 Å². The third-order valence-corrected chi connectivity index (χ3v) is 8.68. The summed E-state index contributed by atoms with van der Waals surface area (Å²) in [4.78, 5) is 29.9. The number of rotatable bonds is 5.